The quantitative estimate of drug-likeness (QED) is 0.199. The van der Waals surface area contributed by atoms with Crippen LogP contribution in [0.5, 0.6) is 11.5 Å². The molecule has 0 radical (unpaired) electrons. The first-order valence-electron chi connectivity index (χ1n) is 11.5. The van der Waals surface area contributed by atoms with E-state index in [4.69, 9.17) is 5.73 Å². The summed E-state index contributed by atoms with van der Waals surface area (Å²) in [5.41, 5.74) is 7.32. The Kier molecular flexibility index (Phi) is 5.82. The highest BCUT2D eigenvalue weighted by Crippen LogP contribution is 2.37. The number of hydrogen-bond donors (Lipinski definition) is 4. The molecule has 7 heteroatoms. The van der Waals surface area contributed by atoms with Crippen molar-refractivity contribution in [2.45, 2.75) is 12.5 Å². The molecule has 0 aliphatic rings. The number of aryl methyl sites for hydroxylation is 1. The van der Waals surface area contributed by atoms with Gasteiger partial charge in [-0.2, -0.15) is 0 Å². The molecule has 5 N–H and O–H groups in total. The van der Waals surface area contributed by atoms with E-state index in [0.717, 1.165) is 10.8 Å². The molecule has 36 heavy (non-hydrogen) atoms. The summed E-state index contributed by atoms with van der Waals surface area (Å²) in [7, 11) is 1.57. The summed E-state index contributed by atoms with van der Waals surface area (Å²) in [5.74, 6) is -0.880. The summed E-state index contributed by atoms with van der Waals surface area (Å²) < 4.78 is 1.36. The summed E-state index contributed by atoms with van der Waals surface area (Å²) in [5, 5.41) is 27.2. The highest BCUT2D eigenvalue weighted by atomic mass is 16.3. The minimum atomic E-state index is -0.721. The Balaban J connectivity index is 1.65. The van der Waals surface area contributed by atoms with Crippen molar-refractivity contribution in [3.8, 4) is 11.5 Å². The van der Waals surface area contributed by atoms with Crippen molar-refractivity contribution in [2.75, 3.05) is 11.1 Å². The van der Waals surface area contributed by atoms with Crippen molar-refractivity contribution in [3.63, 3.8) is 0 Å². The Morgan fingerprint density at radius 2 is 1.67 bits per heavy atom. The number of para-hydroxylation sites is 1. The van der Waals surface area contributed by atoms with E-state index < -0.39 is 17.4 Å². The number of carbonyl (C=O) groups is 1. The number of nitrogens with one attached hydrogen (secondary N) is 1. The summed E-state index contributed by atoms with van der Waals surface area (Å²) >= 11 is 0. The Morgan fingerprint density at radius 1 is 0.944 bits per heavy atom. The summed E-state index contributed by atoms with van der Waals surface area (Å²) in [6, 6.07) is 24.2. The van der Waals surface area contributed by atoms with Gasteiger partial charge < -0.3 is 25.8 Å². The lowest BCUT2D eigenvalue weighted by atomic mass is 9.92. The third-order valence-electron chi connectivity index (χ3n) is 6.47. The molecule has 7 nitrogen and oxygen atoms in total. The number of anilines is 2. The van der Waals surface area contributed by atoms with Crippen LogP contribution in [-0.2, 0) is 7.05 Å². The fourth-order valence-electron chi connectivity index (χ4n) is 4.72. The van der Waals surface area contributed by atoms with Gasteiger partial charge in [-0.05, 0) is 47.2 Å². The number of nitrogens with zero attached hydrogens (tertiary/aromatic N) is 1. The largest absolute Gasteiger partial charge is 0.508 e. The molecule has 0 fully saturated rings. The van der Waals surface area contributed by atoms with Crippen molar-refractivity contribution >= 4 is 38.8 Å². The van der Waals surface area contributed by atoms with Gasteiger partial charge in [-0.1, -0.05) is 48.5 Å². The van der Waals surface area contributed by atoms with Crippen molar-refractivity contribution in [2.24, 2.45) is 7.05 Å². The van der Waals surface area contributed by atoms with E-state index in [9.17, 15) is 19.8 Å². The number of ketones is 1. The van der Waals surface area contributed by atoms with Crippen LogP contribution < -0.4 is 16.6 Å². The zero-order valence-electron chi connectivity index (χ0n) is 19.6. The van der Waals surface area contributed by atoms with Crippen molar-refractivity contribution in [1.29, 1.82) is 0 Å². The Hall–Kier alpha value is -4.78. The van der Waals surface area contributed by atoms with Gasteiger partial charge in [0, 0.05) is 35.8 Å². The molecular weight excluding hydrogens is 454 g/mol. The zero-order chi connectivity index (χ0) is 25.4. The molecule has 5 rings (SSSR count). The highest BCUT2D eigenvalue weighted by Gasteiger charge is 2.27. The minimum absolute atomic E-state index is 0.0125. The number of aromatic hydroxyl groups is 2. The number of benzene rings is 4. The number of Topliss-reactive ketones (excluding diaryl/α,β-unsaturated/α-hetero) is 1. The lowest BCUT2D eigenvalue weighted by molar-refractivity contribution is 0.0972. The summed E-state index contributed by atoms with van der Waals surface area (Å²) in [6.45, 7) is 0. The predicted octanol–water partition coefficient (Wildman–Crippen LogP) is 5.11. The van der Waals surface area contributed by atoms with Gasteiger partial charge >= 0.3 is 0 Å². The van der Waals surface area contributed by atoms with Gasteiger partial charge in [-0.3, -0.25) is 9.59 Å². The van der Waals surface area contributed by atoms with Crippen LogP contribution in [0.4, 0.5) is 11.4 Å². The third-order valence-corrected chi connectivity index (χ3v) is 6.47. The van der Waals surface area contributed by atoms with Crippen LogP contribution >= 0.6 is 0 Å². The molecular formula is C29H25N3O4. The van der Waals surface area contributed by atoms with Gasteiger partial charge in [0.2, 0.25) is 0 Å². The SMILES string of the molecule is Cn1c(=O)c(C(=O)C[C@@H](Nc2cccc(N)c2)c2c(O)ccc3ccccc23)c(O)c2ccccc21. The number of phenolic OH excluding ortho intramolecular Hbond substituents is 1. The van der Waals surface area contributed by atoms with Crippen molar-refractivity contribution in [1.82, 2.24) is 4.57 Å². The number of fused-ring (bicyclic) bond motifs is 2. The molecule has 5 aromatic rings. The zero-order valence-corrected chi connectivity index (χ0v) is 19.6. The number of aromatic nitrogens is 1. The molecule has 180 valence electrons. The van der Waals surface area contributed by atoms with Crippen LogP contribution in [0.3, 0.4) is 0 Å². The molecule has 0 spiro atoms. The predicted molar refractivity (Wildman–Crippen MR) is 143 cm³/mol. The van der Waals surface area contributed by atoms with Crippen LogP contribution in [0.1, 0.15) is 28.4 Å². The maximum absolute atomic E-state index is 13.7. The first-order chi connectivity index (χ1) is 17.3. The monoisotopic (exact) mass is 479 g/mol. The molecule has 4 aromatic carbocycles. The van der Waals surface area contributed by atoms with Gasteiger partial charge in [0.1, 0.15) is 17.1 Å². The van der Waals surface area contributed by atoms with Crippen molar-refractivity contribution < 1.29 is 15.0 Å². The Morgan fingerprint density at radius 3 is 2.44 bits per heavy atom. The molecule has 0 aliphatic carbocycles. The fraction of sp³-hybridized carbons (Fsp3) is 0.103. The van der Waals surface area contributed by atoms with E-state index in [-0.39, 0.29) is 23.5 Å². The number of hydrogen-bond acceptors (Lipinski definition) is 6. The molecule has 0 amide bonds. The molecule has 1 heterocycles. The van der Waals surface area contributed by atoms with Gasteiger partial charge in [-0.15, -0.1) is 0 Å². The van der Waals surface area contributed by atoms with E-state index in [1.165, 1.54) is 4.57 Å². The number of pyridine rings is 1. The van der Waals surface area contributed by atoms with E-state index in [0.29, 0.717) is 27.8 Å². The van der Waals surface area contributed by atoms with Gasteiger partial charge in [0.25, 0.3) is 5.56 Å². The smallest absolute Gasteiger partial charge is 0.265 e. The third kappa shape index (κ3) is 4.01. The number of rotatable bonds is 6. The molecule has 0 bridgehead atoms. The molecule has 0 saturated carbocycles. The number of nitrogens with two attached hydrogens (primary N) is 1. The average molecular weight is 480 g/mol. The lowest BCUT2D eigenvalue weighted by Gasteiger charge is -2.23. The topological polar surface area (TPSA) is 118 Å². The number of carbonyl (C=O) groups excluding carboxylic acids is 1. The van der Waals surface area contributed by atoms with Crippen molar-refractivity contribution in [3.05, 3.63) is 106 Å². The number of nitrogen functional groups attached to an aromatic ring is 1. The normalized spacial score (nSPS) is 12.0. The Bertz CT molecular complexity index is 1690. The standard InChI is InChI=1S/C29H25N3O4/c1-32-23-12-5-4-11-21(23)28(35)27(29(32)36)25(34)16-22(31-19-9-6-8-18(30)15-19)26-20-10-3-2-7-17(20)13-14-24(26)33/h2-15,22,31,33,35H,16,30H2,1H3/t22-/m1/s1. The van der Waals surface area contributed by atoms with E-state index >= 15 is 0 Å². The second-order valence-corrected chi connectivity index (χ2v) is 8.77. The first kappa shape index (κ1) is 23.0. The average Bonchev–Trinajstić information content (AvgIpc) is 2.87. The van der Waals surface area contributed by atoms with Gasteiger partial charge in [0.15, 0.2) is 5.78 Å². The van der Waals surface area contributed by atoms with E-state index in [2.05, 4.69) is 5.32 Å². The minimum Gasteiger partial charge on any atom is -0.508 e. The first-order valence-corrected chi connectivity index (χ1v) is 11.5. The molecule has 0 saturated heterocycles. The molecule has 0 aliphatic heterocycles. The van der Waals surface area contributed by atoms with E-state index in [1.807, 2.05) is 30.3 Å². The number of phenols is 1. The second kappa shape index (κ2) is 9.11. The lowest BCUT2D eigenvalue weighted by Crippen LogP contribution is -2.27. The van der Waals surface area contributed by atoms with Crippen LogP contribution in [-0.4, -0.2) is 20.6 Å². The Labute approximate surface area is 207 Å². The van der Waals surface area contributed by atoms with Crippen LogP contribution in [0.2, 0.25) is 0 Å². The molecule has 0 unspecified atom stereocenters. The summed E-state index contributed by atoms with van der Waals surface area (Å²) in [4.78, 5) is 26.8. The second-order valence-electron chi connectivity index (χ2n) is 8.77. The van der Waals surface area contributed by atoms with Crippen LogP contribution in [0.25, 0.3) is 21.7 Å². The van der Waals surface area contributed by atoms with Gasteiger partial charge in [-0.25, -0.2) is 0 Å². The maximum Gasteiger partial charge on any atom is 0.265 e. The van der Waals surface area contributed by atoms with Crippen LogP contribution in [0, 0.1) is 0 Å². The van der Waals surface area contributed by atoms with Crippen LogP contribution in [0.15, 0.2) is 89.7 Å². The van der Waals surface area contributed by atoms with E-state index in [1.54, 1.807) is 61.6 Å². The fourth-order valence-corrected chi connectivity index (χ4v) is 4.72. The maximum atomic E-state index is 13.7. The molecule has 1 atom stereocenters. The molecule has 1 aromatic heterocycles. The van der Waals surface area contributed by atoms with Gasteiger partial charge in [0.05, 0.1) is 11.6 Å². The highest BCUT2D eigenvalue weighted by molar-refractivity contribution is 6.04. The summed E-state index contributed by atoms with van der Waals surface area (Å²) in [6.07, 6.45) is -0.197.